The number of hydrogen-bond acceptors (Lipinski definition) is 8. The summed E-state index contributed by atoms with van der Waals surface area (Å²) in [5.41, 5.74) is 4.51. The number of hydrazine groups is 1. The van der Waals surface area contributed by atoms with Crippen LogP contribution in [0.1, 0.15) is 24.1 Å². The summed E-state index contributed by atoms with van der Waals surface area (Å²) in [6.45, 7) is 1.52. The Labute approximate surface area is 214 Å². The number of nitro benzene ring substituents is 1. The second-order valence-electron chi connectivity index (χ2n) is 8.05. The highest BCUT2D eigenvalue weighted by molar-refractivity contribution is 7.92. The molecular weight excluding hydrogens is 520 g/mol. The van der Waals surface area contributed by atoms with Crippen molar-refractivity contribution in [1.82, 2.24) is 9.84 Å². The van der Waals surface area contributed by atoms with Crippen LogP contribution in [0.2, 0.25) is 0 Å². The van der Waals surface area contributed by atoms with E-state index in [1.54, 1.807) is 36.4 Å². The number of nitrogens with zero attached hydrogens (tertiary/aromatic N) is 2. The van der Waals surface area contributed by atoms with E-state index >= 15 is 0 Å². The quantitative estimate of drug-likeness (QED) is 0.306. The molecule has 0 radical (unpaired) electrons. The Kier molecular flexibility index (Phi) is 7.21. The summed E-state index contributed by atoms with van der Waals surface area (Å²) in [5.74, 6) is 0.408. The second-order valence-corrected chi connectivity index (χ2v) is 11.9. The number of non-ortho nitro benzene ring substituents is 1. The maximum absolute atomic E-state index is 13.6. The smallest absolute Gasteiger partial charge is 0.269 e. The van der Waals surface area contributed by atoms with Crippen LogP contribution in [0.3, 0.4) is 0 Å². The van der Waals surface area contributed by atoms with Crippen LogP contribution >= 0.6 is 0 Å². The van der Waals surface area contributed by atoms with Crippen molar-refractivity contribution in [3.05, 3.63) is 100 Å². The van der Waals surface area contributed by atoms with Gasteiger partial charge >= 0.3 is 0 Å². The molecule has 0 aliphatic carbocycles. The predicted octanol–water partition coefficient (Wildman–Crippen LogP) is 3.66. The summed E-state index contributed by atoms with van der Waals surface area (Å²) < 4.78 is 59.6. The molecule has 0 amide bonds. The Morgan fingerprint density at radius 3 is 2.30 bits per heavy atom. The zero-order valence-corrected chi connectivity index (χ0v) is 21.5. The molecule has 4 rings (SSSR count). The molecule has 0 saturated heterocycles. The summed E-state index contributed by atoms with van der Waals surface area (Å²) in [6.07, 6.45) is 1.64. The molecule has 11 nitrogen and oxygen atoms in total. The molecule has 3 aromatic carbocycles. The van der Waals surface area contributed by atoms with Crippen LogP contribution in [0.4, 0.5) is 11.4 Å². The van der Waals surface area contributed by atoms with Gasteiger partial charge in [0.2, 0.25) is 10.0 Å². The summed E-state index contributed by atoms with van der Waals surface area (Å²) in [5, 5.41) is 11.3. The molecule has 3 aromatic rings. The molecule has 1 heterocycles. The van der Waals surface area contributed by atoms with Crippen molar-refractivity contribution in [2.24, 2.45) is 0 Å². The van der Waals surface area contributed by atoms with Crippen molar-refractivity contribution in [3.63, 3.8) is 0 Å². The Balaban J connectivity index is 1.73. The molecule has 37 heavy (non-hydrogen) atoms. The minimum absolute atomic E-state index is 0.00444. The molecule has 0 saturated carbocycles. The average Bonchev–Trinajstić information content (AvgIpc) is 3.35. The van der Waals surface area contributed by atoms with Crippen molar-refractivity contribution in [2.45, 2.75) is 17.9 Å². The molecule has 0 unspecified atom stereocenters. The van der Waals surface area contributed by atoms with Crippen LogP contribution in [-0.2, 0) is 20.0 Å². The van der Waals surface area contributed by atoms with Gasteiger partial charge in [-0.3, -0.25) is 14.8 Å². The number of anilines is 1. The Morgan fingerprint density at radius 1 is 1.03 bits per heavy atom. The van der Waals surface area contributed by atoms with Gasteiger partial charge < -0.3 is 10.2 Å². The molecule has 2 N–H and O–H groups in total. The number of rotatable bonds is 9. The average molecular weight is 545 g/mol. The molecule has 0 spiro atoms. The number of hydrogen-bond donors (Lipinski definition) is 2. The molecule has 1 aliphatic rings. The molecular formula is C24H24N4O7S2. The van der Waals surface area contributed by atoms with Crippen molar-refractivity contribution >= 4 is 37.1 Å². The number of nitrogens with one attached hydrogen (secondary N) is 2. The first kappa shape index (κ1) is 26.1. The standard InChI is InChI=1S/C24H24N4O7S2/c1-3-36(31,32)26-19-9-7-17(8-10-19)23-16-24(18-5-4-6-20(15-18)28(29)30)27(25-23)37(33,34)22-13-11-21(35-2)12-14-22/h4-16,24-26H,3H2,1-2H3/t24-/m1/s1. The minimum Gasteiger partial charge on any atom is -0.497 e. The van der Waals surface area contributed by atoms with Gasteiger partial charge in [-0.1, -0.05) is 24.3 Å². The first-order valence-electron chi connectivity index (χ1n) is 11.1. The number of nitro groups is 1. The van der Waals surface area contributed by atoms with Gasteiger partial charge in [0, 0.05) is 17.8 Å². The maximum atomic E-state index is 13.6. The van der Waals surface area contributed by atoms with Crippen LogP contribution in [0.25, 0.3) is 5.70 Å². The van der Waals surface area contributed by atoms with Gasteiger partial charge in [0.25, 0.3) is 15.7 Å². The molecule has 1 atom stereocenters. The van der Waals surface area contributed by atoms with Gasteiger partial charge in [0.1, 0.15) is 5.75 Å². The van der Waals surface area contributed by atoms with Gasteiger partial charge in [-0.2, -0.15) is 0 Å². The lowest BCUT2D eigenvalue weighted by atomic mass is 10.0. The molecule has 0 bridgehead atoms. The number of benzene rings is 3. The van der Waals surface area contributed by atoms with Gasteiger partial charge in [0.15, 0.2) is 0 Å². The van der Waals surface area contributed by atoms with E-state index in [-0.39, 0.29) is 16.3 Å². The Morgan fingerprint density at radius 2 is 1.70 bits per heavy atom. The normalized spacial score (nSPS) is 16.1. The highest BCUT2D eigenvalue weighted by Crippen LogP contribution is 2.37. The van der Waals surface area contributed by atoms with Gasteiger partial charge in [0.05, 0.1) is 34.4 Å². The van der Waals surface area contributed by atoms with Gasteiger partial charge in [-0.15, -0.1) is 4.41 Å². The third-order valence-electron chi connectivity index (χ3n) is 5.70. The first-order valence-corrected chi connectivity index (χ1v) is 14.2. The van der Waals surface area contributed by atoms with Crippen LogP contribution in [-0.4, -0.2) is 39.0 Å². The van der Waals surface area contributed by atoms with Crippen molar-refractivity contribution < 1.29 is 26.5 Å². The van der Waals surface area contributed by atoms with Gasteiger partial charge in [-0.25, -0.2) is 16.8 Å². The molecule has 194 valence electrons. The van der Waals surface area contributed by atoms with E-state index in [2.05, 4.69) is 10.1 Å². The van der Waals surface area contributed by atoms with E-state index in [0.29, 0.717) is 28.3 Å². The van der Waals surface area contributed by atoms with Crippen molar-refractivity contribution in [1.29, 1.82) is 0 Å². The van der Waals surface area contributed by atoms with Crippen molar-refractivity contribution in [2.75, 3.05) is 17.6 Å². The second kappa shape index (κ2) is 10.2. The van der Waals surface area contributed by atoms with Crippen molar-refractivity contribution in [3.8, 4) is 5.75 Å². The number of methoxy groups -OCH3 is 1. The van der Waals surface area contributed by atoms with E-state index in [9.17, 15) is 26.9 Å². The third-order valence-corrected chi connectivity index (χ3v) is 8.71. The fourth-order valence-electron chi connectivity index (χ4n) is 3.71. The first-order chi connectivity index (χ1) is 17.5. The lowest BCUT2D eigenvalue weighted by Gasteiger charge is -2.25. The fraction of sp³-hybridized carbons (Fsp3) is 0.167. The van der Waals surface area contributed by atoms with Gasteiger partial charge in [-0.05, 0) is 60.5 Å². The Bertz CT molecular complexity index is 1550. The highest BCUT2D eigenvalue weighted by atomic mass is 32.2. The third kappa shape index (κ3) is 5.58. The lowest BCUT2D eigenvalue weighted by Crippen LogP contribution is -2.39. The molecule has 0 aromatic heterocycles. The Hall–Kier alpha value is -3.94. The summed E-state index contributed by atoms with van der Waals surface area (Å²) >= 11 is 0. The number of sulfonamides is 2. The van der Waals surface area contributed by atoms with Crippen LogP contribution in [0, 0.1) is 10.1 Å². The topological polar surface area (TPSA) is 148 Å². The number of ether oxygens (including phenoxy) is 1. The van der Waals surface area contributed by atoms with Crippen LogP contribution in [0.15, 0.2) is 83.8 Å². The highest BCUT2D eigenvalue weighted by Gasteiger charge is 2.37. The summed E-state index contributed by atoms with van der Waals surface area (Å²) in [6, 6.07) is 17.1. The zero-order chi connectivity index (χ0) is 26.8. The SMILES string of the molecule is CCS(=O)(=O)Nc1ccc(C2=C[C@H](c3cccc([N+](=O)[O-])c3)N(S(=O)(=O)c3ccc(OC)cc3)N2)cc1. The lowest BCUT2D eigenvalue weighted by molar-refractivity contribution is -0.384. The summed E-state index contributed by atoms with van der Waals surface area (Å²) in [4.78, 5) is 10.8. The molecule has 1 aliphatic heterocycles. The predicted molar refractivity (Wildman–Crippen MR) is 138 cm³/mol. The fourth-order valence-corrected chi connectivity index (χ4v) is 5.75. The van der Waals surface area contributed by atoms with Crippen LogP contribution in [0.5, 0.6) is 5.75 Å². The van der Waals surface area contributed by atoms with E-state index in [0.717, 1.165) is 4.41 Å². The largest absolute Gasteiger partial charge is 0.497 e. The zero-order valence-electron chi connectivity index (χ0n) is 19.9. The van der Waals surface area contributed by atoms with E-state index in [4.69, 9.17) is 4.74 Å². The maximum Gasteiger partial charge on any atom is 0.269 e. The molecule has 13 heteroatoms. The van der Waals surface area contributed by atoms with E-state index < -0.39 is 31.0 Å². The summed E-state index contributed by atoms with van der Waals surface area (Å²) in [7, 11) is -6.10. The van der Waals surface area contributed by atoms with E-state index in [1.807, 2.05) is 0 Å². The molecule has 0 fully saturated rings. The monoisotopic (exact) mass is 544 g/mol. The van der Waals surface area contributed by atoms with E-state index in [1.165, 1.54) is 56.5 Å². The van der Waals surface area contributed by atoms with Crippen LogP contribution < -0.4 is 14.9 Å². The minimum atomic E-state index is -4.12.